The third-order valence-electron chi connectivity index (χ3n) is 4.84. The summed E-state index contributed by atoms with van der Waals surface area (Å²) in [5, 5.41) is 11.7. The first kappa shape index (κ1) is 16.6. The van der Waals surface area contributed by atoms with Crippen LogP contribution in [0.5, 0.6) is 5.75 Å². The van der Waals surface area contributed by atoms with Crippen molar-refractivity contribution in [2.45, 2.75) is 6.92 Å². The normalized spacial score (nSPS) is 22.9. The van der Waals surface area contributed by atoms with Crippen LogP contribution in [0.2, 0.25) is 0 Å². The number of likely N-dealkylation sites (tertiary alicyclic amines) is 2. The second-order valence-electron chi connectivity index (χ2n) is 6.50. The molecule has 0 bridgehead atoms. The Morgan fingerprint density at radius 2 is 1.92 bits per heavy atom. The van der Waals surface area contributed by atoms with Crippen molar-refractivity contribution in [3.63, 3.8) is 0 Å². The molecule has 1 aromatic rings. The summed E-state index contributed by atoms with van der Waals surface area (Å²) < 4.78 is 5.76. The number of nitrogens with zero attached hydrogens (tertiary/aromatic N) is 3. The van der Waals surface area contributed by atoms with Crippen LogP contribution in [0.15, 0.2) is 24.3 Å². The van der Waals surface area contributed by atoms with Crippen molar-refractivity contribution in [2.75, 3.05) is 45.9 Å². The van der Waals surface area contributed by atoms with Crippen molar-refractivity contribution in [3.05, 3.63) is 29.8 Å². The van der Waals surface area contributed by atoms with Gasteiger partial charge in [-0.1, -0.05) is 0 Å². The molecule has 2 aliphatic rings. The van der Waals surface area contributed by atoms with E-state index in [1.54, 1.807) is 12.1 Å². The lowest BCUT2D eigenvalue weighted by molar-refractivity contribution is 0.193. The summed E-state index contributed by atoms with van der Waals surface area (Å²) in [6.45, 7) is 7.98. The lowest BCUT2D eigenvalue weighted by atomic mass is 10.0. The molecule has 2 amide bonds. The standard InChI is InChI=1S/C18H24N4O2/c1-2-20-18(23)22-12-15-10-21(11-16(15)13-22)7-8-24-17-5-3-14(9-19)4-6-17/h3-6,15-16H,2,7-8,10-13H2,1H3,(H,20,23). The predicted octanol–water partition coefficient (Wildman–Crippen LogP) is 1.53. The van der Waals surface area contributed by atoms with Crippen molar-refractivity contribution in [1.29, 1.82) is 5.26 Å². The van der Waals surface area contributed by atoms with Gasteiger partial charge in [0.25, 0.3) is 0 Å². The number of hydrogen-bond donors (Lipinski definition) is 1. The molecule has 0 aromatic heterocycles. The number of carbonyl (C=O) groups excluding carboxylic acids is 1. The molecule has 2 fully saturated rings. The van der Waals surface area contributed by atoms with Gasteiger partial charge in [-0.2, -0.15) is 5.26 Å². The number of nitriles is 1. The Hall–Kier alpha value is -2.26. The molecule has 2 saturated heterocycles. The SMILES string of the molecule is CCNC(=O)N1CC2CN(CCOc3ccc(C#N)cc3)CC2C1. The first-order chi connectivity index (χ1) is 11.7. The third-order valence-corrected chi connectivity index (χ3v) is 4.84. The lowest BCUT2D eigenvalue weighted by Gasteiger charge is -2.21. The molecule has 0 aliphatic carbocycles. The molecule has 2 heterocycles. The number of rotatable bonds is 5. The molecule has 6 heteroatoms. The second kappa shape index (κ2) is 7.54. The Morgan fingerprint density at radius 3 is 2.50 bits per heavy atom. The van der Waals surface area contributed by atoms with Crippen LogP contribution in [-0.2, 0) is 0 Å². The average molecular weight is 328 g/mol. The van der Waals surface area contributed by atoms with Crippen molar-refractivity contribution < 1.29 is 9.53 Å². The van der Waals surface area contributed by atoms with Gasteiger partial charge in [-0.3, -0.25) is 4.90 Å². The molecule has 2 atom stereocenters. The highest BCUT2D eigenvalue weighted by molar-refractivity contribution is 5.74. The van der Waals surface area contributed by atoms with Gasteiger partial charge in [0.05, 0.1) is 11.6 Å². The van der Waals surface area contributed by atoms with Crippen LogP contribution in [0.3, 0.4) is 0 Å². The van der Waals surface area contributed by atoms with Crippen LogP contribution in [0.4, 0.5) is 4.79 Å². The number of fused-ring (bicyclic) bond motifs is 1. The Balaban J connectivity index is 1.39. The monoisotopic (exact) mass is 328 g/mol. The minimum Gasteiger partial charge on any atom is -0.492 e. The fraction of sp³-hybridized carbons (Fsp3) is 0.556. The molecule has 2 aliphatic heterocycles. The number of hydrogen-bond acceptors (Lipinski definition) is 4. The maximum Gasteiger partial charge on any atom is 0.317 e. The Morgan fingerprint density at radius 1 is 1.25 bits per heavy atom. The Bertz CT molecular complexity index is 596. The summed E-state index contributed by atoms with van der Waals surface area (Å²) in [5.41, 5.74) is 0.645. The summed E-state index contributed by atoms with van der Waals surface area (Å²) in [7, 11) is 0. The number of benzene rings is 1. The molecule has 24 heavy (non-hydrogen) atoms. The van der Waals surface area contributed by atoms with Crippen LogP contribution in [0.25, 0.3) is 0 Å². The van der Waals surface area contributed by atoms with Crippen molar-refractivity contribution >= 4 is 6.03 Å². The van der Waals surface area contributed by atoms with Gasteiger partial charge in [-0.25, -0.2) is 4.79 Å². The largest absolute Gasteiger partial charge is 0.492 e. The molecule has 0 radical (unpaired) electrons. The van der Waals surface area contributed by atoms with Crippen LogP contribution < -0.4 is 10.1 Å². The fourth-order valence-electron chi connectivity index (χ4n) is 3.62. The van der Waals surface area contributed by atoms with Gasteiger partial charge in [0.15, 0.2) is 0 Å². The zero-order valence-corrected chi connectivity index (χ0v) is 14.1. The summed E-state index contributed by atoms with van der Waals surface area (Å²) >= 11 is 0. The predicted molar refractivity (Wildman–Crippen MR) is 90.7 cm³/mol. The van der Waals surface area contributed by atoms with Gasteiger partial charge in [0, 0.05) is 39.3 Å². The van der Waals surface area contributed by atoms with E-state index in [0.717, 1.165) is 38.5 Å². The zero-order chi connectivity index (χ0) is 16.9. The number of carbonyl (C=O) groups is 1. The molecule has 0 saturated carbocycles. The summed E-state index contributed by atoms with van der Waals surface area (Å²) in [6.07, 6.45) is 0. The minimum absolute atomic E-state index is 0.0719. The van der Waals surface area contributed by atoms with E-state index in [0.29, 0.717) is 30.6 Å². The van der Waals surface area contributed by atoms with E-state index in [-0.39, 0.29) is 6.03 Å². The summed E-state index contributed by atoms with van der Waals surface area (Å²) in [6, 6.07) is 9.38. The lowest BCUT2D eigenvalue weighted by Crippen LogP contribution is -2.40. The summed E-state index contributed by atoms with van der Waals surface area (Å²) in [4.78, 5) is 16.3. The topological polar surface area (TPSA) is 68.6 Å². The van der Waals surface area contributed by atoms with Gasteiger partial charge >= 0.3 is 6.03 Å². The van der Waals surface area contributed by atoms with Crippen LogP contribution >= 0.6 is 0 Å². The Kier molecular flexibility index (Phi) is 5.21. The van der Waals surface area contributed by atoms with Crippen LogP contribution in [-0.4, -0.2) is 61.7 Å². The summed E-state index contributed by atoms with van der Waals surface area (Å²) in [5.74, 6) is 1.97. The first-order valence-electron chi connectivity index (χ1n) is 8.57. The van der Waals surface area contributed by atoms with E-state index in [1.165, 1.54) is 0 Å². The van der Waals surface area contributed by atoms with E-state index in [9.17, 15) is 4.79 Å². The smallest absolute Gasteiger partial charge is 0.317 e. The first-order valence-corrected chi connectivity index (χ1v) is 8.57. The van der Waals surface area contributed by atoms with E-state index in [2.05, 4.69) is 16.3 Å². The third kappa shape index (κ3) is 3.80. The molecule has 3 rings (SSSR count). The molecule has 6 nitrogen and oxygen atoms in total. The Labute approximate surface area is 143 Å². The molecular weight excluding hydrogens is 304 g/mol. The molecule has 128 valence electrons. The average Bonchev–Trinajstić information content (AvgIpc) is 3.14. The highest BCUT2D eigenvalue weighted by atomic mass is 16.5. The minimum atomic E-state index is 0.0719. The maximum absolute atomic E-state index is 11.9. The van der Waals surface area contributed by atoms with Crippen LogP contribution in [0, 0.1) is 23.2 Å². The number of urea groups is 1. The van der Waals surface area contributed by atoms with Gasteiger partial charge in [0.2, 0.25) is 0 Å². The molecular formula is C18H24N4O2. The van der Waals surface area contributed by atoms with Gasteiger partial charge < -0.3 is 15.0 Å². The zero-order valence-electron chi connectivity index (χ0n) is 14.1. The quantitative estimate of drug-likeness (QED) is 0.890. The maximum atomic E-state index is 11.9. The van der Waals surface area contributed by atoms with Crippen molar-refractivity contribution in [2.24, 2.45) is 11.8 Å². The van der Waals surface area contributed by atoms with E-state index in [1.807, 2.05) is 24.0 Å². The van der Waals surface area contributed by atoms with E-state index in [4.69, 9.17) is 10.00 Å². The number of nitrogens with one attached hydrogen (secondary N) is 1. The van der Waals surface area contributed by atoms with E-state index >= 15 is 0 Å². The molecule has 1 aromatic carbocycles. The number of ether oxygens (including phenoxy) is 1. The van der Waals surface area contributed by atoms with E-state index < -0.39 is 0 Å². The fourth-order valence-corrected chi connectivity index (χ4v) is 3.62. The van der Waals surface area contributed by atoms with Gasteiger partial charge in [-0.15, -0.1) is 0 Å². The molecule has 1 N–H and O–H groups in total. The van der Waals surface area contributed by atoms with Crippen molar-refractivity contribution in [1.82, 2.24) is 15.1 Å². The molecule has 0 spiro atoms. The second-order valence-corrected chi connectivity index (χ2v) is 6.50. The highest BCUT2D eigenvalue weighted by Gasteiger charge is 2.41. The number of amides is 2. The highest BCUT2D eigenvalue weighted by Crippen LogP contribution is 2.30. The molecule has 2 unspecified atom stereocenters. The van der Waals surface area contributed by atoms with Crippen LogP contribution in [0.1, 0.15) is 12.5 Å². The van der Waals surface area contributed by atoms with Gasteiger partial charge in [-0.05, 0) is 43.0 Å². The van der Waals surface area contributed by atoms with Crippen molar-refractivity contribution in [3.8, 4) is 11.8 Å². The van der Waals surface area contributed by atoms with Gasteiger partial charge in [0.1, 0.15) is 12.4 Å².